The summed E-state index contributed by atoms with van der Waals surface area (Å²) in [5.41, 5.74) is -0.673. The van der Waals surface area contributed by atoms with Crippen LogP contribution in [0.2, 0.25) is 0 Å². The fraction of sp³-hybridized carbons (Fsp3) is 0.500. The highest BCUT2D eigenvalue weighted by atomic mass is 16.3. The Morgan fingerprint density at radius 1 is 1.23 bits per heavy atom. The summed E-state index contributed by atoms with van der Waals surface area (Å²) in [6.45, 7) is -1.53. The molecule has 0 aliphatic carbocycles. The number of aromatic nitrogens is 3. The van der Waals surface area contributed by atoms with Crippen molar-refractivity contribution < 1.29 is 15.3 Å². The quantitative estimate of drug-likeness (QED) is 0.485. The topological polar surface area (TPSA) is 108 Å². The summed E-state index contributed by atoms with van der Waals surface area (Å²) in [5, 5.41) is 32.8. The predicted octanol–water partition coefficient (Wildman–Crippen LogP) is -2.43. The first-order valence-electron chi connectivity index (χ1n) is 3.52. The predicted molar refractivity (Wildman–Crippen MR) is 40.4 cm³/mol. The lowest BCUT2D eigenvalue weighted by atomic mass is 10.2. The van der Waals surface area contributed by atoms with E-state index in [0.717, 1.165) is 4.68 Å². The first-order valence-corrected chi connectivity index (χ1v) is 3.52. The minimum Gasteiger partial charge on any atom is -0.391 e. The second-order valence-electron chi connectivity index (χ2n) is 2.28. The van der Waals surface area contributed by atoms with Crippen molar-refractivity contribution in [3.63, 3.8) is 0 Å². The van der Waals surface area contributed by atoms with Crippen LogP contribution in [0.1, 0.15) is 11.3 Å². The second kappa shape index (κ2) is 4.08. The number of hydrogen-bond acceptors (Lipinski definition) is 6. The van der Waals surface area contributed by atoms with Crippen LogP contribution in [0.4, 0.5) is 0 Å². The van der Waals surface area contributed by atoms with Crippen molar-refractivity contribution in [1.29, 1.82) is 0 Å². The van der Waals surface area contributed by atoms with Gasteiger partial charge in [-0.05, 0) is 0 Å². The number of rotatable bonds is 3. The zero-order chi connectivity index (χ0) is 9.84. The standard InChI is InChI=1S/C6H9N3O4/c10-1-4-5(2-11)9(3-12)8-7-6(4)13/h10-12H,1-3H2. The summed E-state index contributed by atoms with van der Waals surface area (Å²) in [4.78, 5) is 11.0. The van der Waals surface area contributed by atoms with Crippen molar-refractivity contribution >= 4 is 0 Å². The zero-order valence-corrected chi connectivity index (χ0v) is 6.71. The Bertz CT molecular complexity index is 348. The molecule has 0 saturated carbocycles. The minimum atomic E-state index is -0.698. The molecule has 0 amide bonds. The average Bonchev–Trinajstić information content (AvgIpc) is 2.17. The summed E-state index contributed by atoms with van der Waals surface area (Å²) in [6, 6.07) is 0. The van der Waals surface area contributed by atoms with Gasteiger partial charge in [0.25, 0.3) is 5.56 Å². The maximum absolute atomic E-state index is 11.0. The summed E-state index contributed by atoms with van der Waals surface area (Å²) >= 11 is 0. The molecule has 0 aliphatic heterocycles. The van der Waals surface area contributed by atoms with E-state index in [9.17, 15) is 4.79 Å². The van der Waals surface area contributed by atoms with Crippen molar-refractivity contribution in [2.75, 3.05) is 0 Å². The fourth-order valence-electron chi connectivity index (χ4n) is 0.938. The molecule has 3 N–H and O–H groups in total. The van der Waals surface area contributed by atoms with Crippen LogP contribution in [-0.4, -0.2) is 30.3 Å². The van der Waals surface area contributed by atoms with Crippen LogP contribution in [0.5, 0.6) is 0 Å². The second-order valence-corrected chi connectivity index (χ2v) is 2.28. The lowest BCUT2D eigenvalue weighted by molar-refractivity contribution is 0.164. The molecule has 0 saturated heterocycles. The van der Waals surface area contributed by atoms with Gasteiger partial charge in [0.05, 0.1) is 24.5 Å². The van der Waals surface area contributed by atoms with Crippen molar-refractivity contribution in [2.24, 2.45) is 0 Å². The number of nitrogens with zero attached hydrogens (tertiary/aromatic N) is 3. The minimum absolute atomic E-state index is 0.0495. The van der Waals surface area contributed by atoms with Crippen molar-refractivity contribution in [3.05, 3.63) is 21.6 Å². The molecule has 0 unspecified atom stereocenters. The Hall–Kier alpha value is -1.31. The van der Waals surface area contributed by atoms with Gasteiger partial charge in [-0.1, -0.05) is 10.3 Å². The lowest BCUT2D eigenvalue weighted by Gasteiger charge is -2.08. The van der Waals surface area contributed by atoms with Gasteiger partial charge in [-0.3, -0.25) is 4.79 Å². The van der Waals surface area contributed by atoms with E-state index in [1.54, 1.807) is 0 Å². The molecule has 0 bridgehead atoms. The van der Waals surface area contributed by atoms with Gasteiger partial charge in [-0.15, -0.1) is 0 Å². The molecular formula is C6H9N3O4. The highest BCUT2D eigenvalue weighted by molar-refractivity contribution is 5.13. The Balaban J connectivity index is 3.36. The molecule has 1 aromatic rings. The molecule has 0 fully saturated rings. The lowest BCUT2D eigenvalue weighted by Crippen LogP contribution is -2.25. The van der Waals surface area contributed by atoms with Gasteiger partial charge in [0.15, 0.2) is 0 Å². The van der Waals surface area contributed by atoms with Crippen LogP contribution < -0.4 is 5.56 Å². The third-order valence-electron chi connectivity index (χ3n) is 1.60. The van der Waals surface area contributed by atoms with Gasteiger partial charge in [0.2, 0.25) is 0 Å². The summed E-state index contributed by atoms with van der Waals surface area (Å²) in [6.07, 6.45) is 0. The molecule has 1 aromatic heterocycles. The monoisotopic (exact) mass is 187 g/mol. The first-order chi connectivity index (χ1) is 6.24. The summed E-state index contributed by atoms with van der Waals surface area (Å²) < 4.78 is 0.937. The first kappa shape index (κ1) is 9.78. The fourth-order valence-corrected chi connectivity index (χ4v) is 0.938. The average molecular weight is 187 g/mol. The largest absolute Gasteiger partial charge is 0.391 e. The van der Waals surface area contributed by atoms with Crippen LogP contribution >= 0.6 is 0 Å². The molecule has 0 aromatic carbocycles. The summed E-state index contributed by atoms with van der Waals surface area (Å²) in [5.74, 6) is 0. The highest BCUT2D eigenvalue weighted by Crippen LogP contribution is 2.00. The molecule has 0 radical (unpaired) electrons. The number of aliphatic hydroxyl groups is 3. The molecule has 7 heteroatoms. The molecule has 7 nitrogen and oxygen atoms in total. The van der Waals surface area contributed by atoms with Gasteiger partial charge in [-0.25, -0.2) is 4.68 Å². The molecule has 1 heterocycles. The van der Waals surface area contributed by atoms with Gasteiger partial charge in [-0.2, -0.15) is 0 Å². The third-order valence-corrected chi connectivity index (χ3v) is 1.60. The number of hydrogen-bond donors (Lipinski definition) is 3. The Labute approximate surface area is 72.9 Å². The van der Waals surface area contributed by atoms with Crippen molar-refractivity contribution in [1.82, 2.24) is 15.0 Å². The van der Waals surface area contributed by atoms with Gasteiger partial charge in [0, 0.05) is 0 Å². The van der Waals surface area contributed by atoms with Crippen LogP contribution in [0.25, 0.3) is 0 Å². The molecule has 0 aliphatic rings. The van der Waals surface area contributed by atoms with Gasteiger partial charge >= 0.3 is 0 Å². The molecular weight excluding hydrogens is 178 g/mol. The van der Waals surface area contributed by atoms with E-state index in [1.807, 2.05) is 0 Å². The smallest absolute Gasteiger partial charge is 0.297 e. The van der Waals surface area contributed by atoms with Crippen molar-refractivity contribution in [3.8, 4) is 0 Å². The van der Waals surface area contributed by atoms with E-state index >= 15 is 0 Å². The Kier molecular flexibility index (Phi) is 3.07. The van der Waals surface area contributed by atoms with Crippen LogP contribution in [0, 0.1) is 0 Å². The maximum atomic E-state index is 11.0. The zero-order valence-electron chi connectivity index (χ0n) is 6.71. The molecule has 0 spiro atoms. The van der Waals surface area contributed by atoms with Gasteiger partial charge < -0.3 is 15.3 Å². The highest BCUT2D eigenvalue weighted by Gasteiger charge is 2.10. The molecule has 72 valence electrons. The van der Waals surface area contributed by atoms with E-state index in [0.29, 0.717) is 0 Å². The van der Waals surface area contributed by atoms with E-state index in [2.05, 4.69) is 10.3 Å². The number of aliphatic hydroxyl groups excluding tert-OH is 3. The van der Waals surface area contributed by atoms with E-state index in [-0.39, 0.29) is 11.3 Å². The Morgan fingerprint density at radius 2 is 1.92 bits per heavy atom. The normalized spacial score (nSPS) is 10.4. The maximum Gasteiger partial charge on any atom is 0.297 e. The van der Waals surface area contributed by atoms with Crippen LogP contribution in [0.3, 0.4) is 0 Å². The summed E-state index contributed by atoms with van der Waals surface area (Å²) in [7, 11) is 0. The van der Waals surface area contributed by atoms with Crippen LogP contribution in [0.15, 0.2) is 4.79 Å². The van der Waals surface area contributed by atoms with E-state index in [4.69, 9.17) is 15.3 Å². The molecule has 13 heavy (non-hydrogen) atoms. The van der Waals surface area contributed by atoms with Crippen molar-refractivity contribution in [2.45, 2.75) is 19.9 Å². The molecule has 1 rings (SSSR count). The SMILES string of the molecule is O=c1nnn(CO)c(CO)c1CO. The third kappa shape index (κ3) is 1.72. The molecule has 0 atom stereocenters. The van der Waals surface area contributed by atoms with Gasteiger partial charge in [0.1, 0.15) is 6.73 Å². The Morgan fingerprint density at radius 3 is 2.38 bits per heavy atom. The van der Waals surface area contributed by atoms with Crippen LogP contribution in [-0.2, 0) is 19.9 Å². The van der Waals surface area contributed by atoms with E-state index < -0.39 is 25.5 Å². The van der Waals surface area contributed by atoms with E-state index in [1.165, 1.54) is 0 Å².